The topological polar surface area (TPSA) is 96.0 Å². The van der Waals surface area contributed by atoms with Gasteiger partial charge in [-0.3, -0.25) is 0 Å². The summed E-state index contributed by atoms with van der Waals surface area (Å²) in [4.78, 5) is 0. The average molecular weight is 477 g/mol. The Morgan fingerprint density at radius 1 is 1.03 bits per heavy atom. The highest BCUT2D eigenvalue weighted by Crippen LogP contribution is 2.48. The minimum atomic E-state index is -0.468. The molecule has 2 aliphatic heterocycles. The molecule has 0 saturated heterocycles. The van der Waals surface area contributed by atoms with Gasteiger partial charge >= 0.3 is 0 Å². The lowest BCUT2D eigenvalue weighted by Gasteiger charge is -2.27. The molecule has 0 radical (unpaired) electrons. The van der Waals surface area contributed by atoms with Crippen molar-refractivity contribution in [2.45, 2.75) is 19.4 Å². The Hall–Kier alpha value is -4.02. The Morgan fingerprint density at radius 2 is 1.85 bits per heavy atom. The third-order valence-corrected chi connectivity index (χ3v) is 5.83. The maximum Gasteiger partial charge on any atom is 0.231 e. The van der Waals surface area contributed by atoms with E-state index >= 15 is 0 Å². The van der Waals surface area contributed by atoms with Crippen molar-refractivity contribution in [3.05, 3.63) is 87.8 Å². The maximum absolute atomic E-state index is 9.88. The lowest BCUT2D eigenvalue weighted by atomic mass is 9.83. The smallest absolute Gasteiger partial charge is 0.231 e. The van der Waals surface area contributed by atoms with Crippen LogP contribution in [0.25, 0.3) is 0 Å². The van der Waals surface area contributed by atoms with Crippen molar-refractivity contribution in [1.29, 1.82) is 5.26 Å². The van der Waals surface area contributed by atoms with Gasteiger partial charge in [-0.15, -0.1) is 0 Å². The first-order valence-electron chi connectivity index (χ1n) is 10.7. The van der Waals surface area contributed by atoms with Gasteiger partial charge in [-0.05, 0) is 48.4 Å². The highest BCUT2D eigenvalue weighted by Gasteiger charge is 2.33. The standard InChI is InChI=1S/C26H21ClN2O5/c1-2-30-22-9-16(6-7-20(22)31-13-15-4-3-5-17(27)8-15)25-18-10-23-24(33-14-32-23)11-21(18)34-26(29)19(25)12-28/h3-11,25H,2,13-14,29H2,1H3/t25-/m1/s1. The van der Waals surface area contributed by atoms with Crippen LogP contribution in [-0.2, 0) is 6.61 Å². The molecule has 0 aliphatic carbocycles. The zero-order chi connectivity index (χ0) is 23.7. The van der Waals surface area contributed by atoms with Crippen LogP contribution in [0.4, 0.5) is 0 Å². The average Bonchev–Trinajstić information content (AvgIpc) is 3.29. The van der Waals surface area contributed by atoms with E-state index in [1.54, 1.807) is 6.07 Å². The molecular formula is C26H21ClN2O5. The fourth-order valence-corrected chi connectivity index (χ4v) is 4.28. The summed E-state index contributed by atoms with van der Waals surface area (Å²) in [5.41, 5.74) is 8.93. The van der Waals surface area contributed by atoms with Crippen LogP contribution in [0, 0.1) is 11.3 Å². The quantitative estimate of drug-likeness (QED) is 0.518. The molecule has 0 fully saturated rings. The summed E-state index contributed by atoms with van der Waals surface area (Å²) in [6.45, 7) is 2.81. The highest BCUT2D eigenvalue weighted by atomic mass is 35.5. The minimum Gasteiger partial charge on any atom is -0.490 e. The van der Waals surface area contributed by atoms with E-state index in [9.17, 15) is 5.26 Å². The van der Waals surface area contributed by atoms with Gasteiger partial charge in [0.15, 0.2) is 23.0 Å². The molecule has 5 rings (SSSR count). The Morgan fingerprint density at radius 3 is 2.62 bits per heavy atom. The fourth-order valence-electron chi connectivity index (χ4n) is 4.07. The zero-order valence-corrected chi connectivity index (χ0v) is 19.1. The second-order valence-electron chi connectivity index (χ2n) is 7.73. The summed E-state index contributed by atoms with van der Waals surface area (Å²) in [5.74, 6) is 2.42. The zero-order valence-electron chi connectivity index (χ0n) is 18.3. The van der Waals surface area contributed by atoms with Gasteiger partial charge in [0.1, 0.15) is 24.0 Å². The number of nitriles is 1. The molecule has 172 valence electrons. The van der Waals surface area contributed by atoms with Crippen LogP contribution >= 0.6 is 11.6 Å². The van der Waals surface area contributed by atoms with Crippen molar-refractivity contribution in [2.24, 2.45) is 5.73 Å². The molecule has 2 heterocycles. The van der Waals surface area contributed by atoms with Gasteiger partial charge in [0.05, 0.1) is 12.5 Å². The van der Waals surface area contributed by atoms with Gasteiger partial charge < -0.3 is 29.4 Å². The van der Waals surface area contributed by atoms with Crippen LogP contribution in [0.2, 0.25) is 5.02 Å². The normalized spacial score (nSPS) is 15.9. The summed E-state index contributed by atoms with van der Waals surface area (Å²) in [7, 11) is 0. The van der Waals surface area contributed by atoms with Crippen molar-refractivity contribution in [3.63, 3.8) is 0 Å². The molecule has 34 heavy (non-hydrogen) atoms. The van der Waals surface area contributed by atoms with Crippen molar-refractivity contribution in [3.8, 4) is 34.8 Å². The third-order valence-electron chi connectivity index (χ3n) is 5.59. The molecule has 8 heteroatoms. The molecule has 7 nitrogen and oxygen atoms in total. The Bertz CT molecular complexity index is 1330. The second-order valence-corrected chi connectivity index (χ2v) is 8.16. The van der Waals surface area contributed by atoms with E-state index < -0.39 is 5.92 Å². The van der Waals surface area contributed by atoms with E-state index in [1.165, 1.54) is 0 Å². The van der Waals surface area contributed by atoms with Gasteiger partial charge in [-0.1, -0.05) is 29.8 Å². The van der Waals surface area contributed by atoms with E-state index in [4.69, 9.17) is 41.0 Å². The molecule has 3 aromatic rings. The van der Waals surface area contributed by atoms with Crippen molar-refractivity contribution in [2.75, 3.05) is 13.4 Å². The molecule has 0 saturated carbocycles. The number of ether oxygens (including phenoxy) is 5. The number of nitrogens with two attached hydrogens (primary N) is 1. The van der Waals surface area contributed by atoms with Crippen LogP contribution < -0.4 is 29.4 Å². The highest BCUT2D eigenvalue weighted by molar-refractivity contribution is 6.30. The number of hydrogen-bond acceptors (Lipinski definition) is 7. The van der Waals surface area contributed by atoms with E-state index in [1.807, 2.05) is 55.5 Å². The van der Waals surface area contributed by atoms with E-state index in [0.29, 0.717) is 52.6 Å². The van der Waals surface area contributed by atoms with Crippen molar-refractivity contribution >= 4 is 11.6 Å². The first-order chi connectivity index (χ1) is 16.6. The molecule has 0 unspecified atom stereocenters. The third kappa shape index (κ3) is 4.04. The van der Waals surface area contributed by atoms with Crippen molar-refractivity contribution < 1.29 is 23.7 Å². The van der Waals surface area contributed by atoms with Crippen molar-refractivity contribution in [1.82, 2.24) is 0 Å². The molecular weight excluding hydrogens is 456 g/mol. The first kappa shape index (κ1) is 21.8. The lowest BCUT2D eigenvalue weighted by molar-refractivity contribution is 0.174. The molecule has 0 bridgehead atoms. The lowest BCUT2D eigenvalue weighted by Crippen LogP contribution is -2.21. The summed E-state index contributed by atoms with van der Waals surface area (Å²) >= 11 is 6.08. The molecule has 3 aromatic carbocycles. The maximum atomic E-state index is 9.88. The van der Waals surface area contributed by atoms with Gasteiger partial charge in [0.2, 0.25) is 12.7 Å². The molecule has 0 aromatic heterocycles. The van der Waals surface area contributed by atoms with Gasteiger partial charge in [0.25, 0.3) is 0 Å². The number of hydrogen-bond donors (Lipinski definition) is 1. The van der Waals surface area contributed by atoms with Gasteiger partial charge in [-0.25, -0.2) is 0 Å². The predicted molar refractivity (Wildman–Crippen MR) is 125 cm³/mol. The number of allylic oxidation sites excluding steroid dienone is 1. The summed E-state index contributed by atoms with van der Waals surface area (Å²) in [5, 5.41) is 10.5. The number of fused-ring (bicyclic) bond motifs is 2. The molecule has 1 atom stereocenters. The number of rotatable bonds is 6. The van der Waals surface area contributed by atoms with E-state index in [0.717, 1.165) is 16.7 Å². The Kier molecular flexibility index (Phi) is 5.83. The van der Waals surface area contributed by atoms with Crippen LogP contribution in [0.5, 0.6) is 28.7 Å². The van der Waals surface area contributed by atoms with Gasteiger partial charge in [-0.2, -0.15) is 5.26 Å². The monoisotopic (exact) mass is 476 g/mol. The molecule has 2 N–H and O–H groups in total. The number of benzene rings is 3. The van der Waals surface area contributed by atoms with Gasteiger partial charge in [0, 0.05) is 16.7 Å². The van der Waals surface area contributed by atoms with Crippen LogP contribution in [0.15, 0.2) is 66.1 Å². The molecule has 2 aliphatic rings. The second kappa shape index (κ2) is 9.08. The van der Waals surface area contributed by atoms with Crippen LogP contribution in [-0.4, -0.2) is 13.4 Å². The van der Waals surface area contributed by atoms with Crippen LogP contribution in [0.1, 0.15) is 29.5 Å². The Labute approximate surface area is 201 Å². The van der Waals surface area contributed by atoms with E-state index in [2.05, 4.69) is 6.07 Å². The summed E-state index contributed by atoms with van der Waals surface area (Å²) in [6, 6.07) is 18.8. The molecule has 0 spiro atoms. The summed E-state index contributed by atoms with van der Waals surface area (Å²) < 4.78 is 28.7. The minimum absolute atomic E-state index is 0.0538. The number of nitrogens with zero attached hydrogens (tertiary/aromatic N) is 1. The largest absolute Gasteiger partial charge is 0.490 e. The first-order valence-corrected chi connectivity index (χ1v) is 11.1. The predicted octanol–water partition coefficient (Wildman–Crippen LogP) is 5.26. The SMILES string of the molecule is CCOc1cc([C@H]2C(C#N)=C(N)Oc3cc4c(cc32)OCO4)ccc1OCc1cccc(Cl)c1. The van der Waals surface area contributed by atoms with Crippen LogP contribution in [0.3, 0.4) is 0 Å². The fraction of sp³-hybridized carbons (Fsp3) is 0.192. The molecule has 0 amide bonds. The van der Waals surface area contributed by atoms with E-state index in [-0.39, 0.29) is 12.7 Å². The summed E-state index contributed by atoms with van der Waals surface area (Å²) in [6.07, 6.45) is 0. The number of halogens is 1. The Balaban J connectivity index is 1.52.